The number of hydrogen-bond donors (Lipinski definition) is 7. The second-order valence-corrected chi connectivity index (χ2v) is 17.4. The molecule has 4 aliphatic rings. The van der Waals surface area contributed by atoms with E-state index in [1.165, 1.54) is 20.8 Å². The van der Waals surface area contributed by atoms with Crippen molar-refractivity contribution >= 4 is 11.8 Å². The molecule has 4 fully saturated rings. The lowest BCUT2D eigenvalue weighted by atomic mass is 9.60. The fraction of sp³-hybridized carbons (Fsp3) is 0.842. The van der Waals surface area contributed by atoms with Crippen molar-refractivity contribution in [3.8, 4) is 0 Å². The fourth-order valence-electron chi connectivity index (χ4n) is 9.50. The number of carbonyl (C=O) groups excluding carboxylic acids is 2. The summed E-state index contributed by atoms with van der Waals surface area (Å²) in [6.45, 7) is 7.04. The van der Waals surface area contributed by atoms with Crippen molar-refractivity contribution in [1.29, 1.82) is 0 Å². The minimum absolute atomic E-state index is 0.000460. The van der Waals surface area contributed by atoms with Crippen molar-refractivity contribution in [2.75, 3.05) is 26.3 Å². The first-order valence-electron chi connectivity index (χ1n) is 19.1. The maximum absolute atomic E-state index is 14.0. The molecular weight excluding hydrogens is 742 g/mol. The summed E-state index contributed by atoms with van der Waals surface area (Å²) >= 11 is 0. The minimum Gasteiger partial charge on any atom is -0.504 e. The molecule has 4 rings (SSSR count). The lowest BCUT2D eigenvalue weighted by Crippen LogP contribution is -2.56. The predicted octanol–water partition coefficient (Wildman–Crippen LogP) is 5.89. The molecule has 0 aromatic rings. The van der Waals surface area contributed by atoms with Gasteiger partial charge in [-0.25, -0.2) is 0 Å². The van der Waals surface area contributed by atoms with Crippen LogP contribution in [0, 0.1) is 40.9 Å². The summed E-state index contributed by atoms with van der Waals surface area (Å²) in [7, 11) is 0. The molecule has 2 saturated carbocycles. The molecule has 316 valence electrons. The van der Waals surface area contributed by atoms with E-state index in [1.807, 2.05) is 13.8 Å². The van der Waals surface area contributed by atoms with Crippen molar-refractivity contribution in [3.63, 3.8) is 0 Å². The van der Waals surface area contributed by atoms with Crippen LogP contribution in [0.15, 0.2) is 22.7 Å². The van der Waals surface area contributed by atoms with Gasteiger partial charge in [0.15, 0.2) is 17.3 Å². The van der Waals surface area contributed by atoms with Gasteiger partial charge < -0.3 is 45.6 Å². The van der Waals surface area contributed by atoms with E-state index in [9.17, 15) is 61.5 Å². The summed E-state index contributed by atoms with van der Waals surface area (Å²) in [4.78, 5) is 26.7. The molecule has 0 aromatic carbocycles. The number of aliphatic hydroxyl groups excluding tert-OH is 2. The zero-order chi connectivity index (χ0) is 41.5. The first kappa shape index (κ1) is 45.1. The monoisotopic (exact) mass is 800 g/mol. The number of fused-ring (bicyclic) bond motifs is 2. The highest BCUT2D eigenvalue weighted by Crippen LogP contribution is 2.52. The van der Waals surface area contributed by atoms with E-state index in [0.717, 1.165) is 0 Å². The van der Waals surface area contributed by atoms with Gasteiger partial charge in [-0.05, 0) is 82.5 Å². The molecule has 55 heavy (non-hydrogen) atoms. The third-order valence-corrected chi connectivity index (χ3v) is 12.8. The Hall–Kier alpha value is -2.60. The minimum atomic E-state index is -5.25. The quantitative estimate of drug-likeness (QED) is 0.111. The van der Waals surface area contributed by atoms with E-state index in [1.54, 1.807) is 6.92 Å². The van der Waals surface area contributed by atoms with E-state index < -0.39 is 119 Å². The van der Waals surface area contributed by atoms with E-state index >= 15 is 0 Å². The van der Waals surface area contributed by atoms with Crippen LogP contribution in [0.2, 0.25) is 0 Å². The number of alkyl halides is 6. The van der Waals surface area contributed by atoms with Gasteiger partial charge >= 0.3 is 12.4 Å². The highest BCUT2D eigenvalue weighted by molar-refractivity contribution is 5.88. The molecule has 0 aromatic heterocycles. The highest BCUT2D eigenvalue weighted by Gasteiger charge is 2.56. The fourth-order valence-corrected chi connectivity index (χ4v) is 9.50. The van der Waals surface area contributed by atoms with Gasteiger partial charge in [0.25, 0.3) is 0 Å². The Morgan fingerprint density at radius 2 is 1.18 bits per heavy atom. The number of nitrogens with one attached hydrogen (secondary N) is 2. The maximum Gasteiger partial charge on any atom is 0.448 e. The van der Waals surface area contributed by atoms with Gasteiger partial charge in [-0.3, -0.25) is 9.59 Å². The Morgan fingerprint density at radius 1 is 0.709 bits per heavy atom. The number of halogens is 6. The van der Waals surface area contributed by atoms with E-state index in [-0.39, 0.29) is 50.2 Å². The normalized spacial score (nSPS) is 37.3. The van der Waals surface area contributed by atoms with Crippen LogP contribution < -0.4 is 10.6 Å². The number of carbonyl (C=O) groups is 2. The van der Waals surface area contributed by atoms with Crippen LogP contribution >= 0.6 is 0 Å². The van der Waals surface area contributed by atoms with Crippen molar-refractivity contribution < 1.29 is 70.9 Å². The summed E-state index contributed by atoms with van der Waals surface area (Å²) in [5.41, 5.74) is -6.67. The molecule has 2 saturated heterocycles. The van der Waals surface area contributed by atoms with Crippen LogP contribution in [0.25, 0.3) is 0 Å². The van der Waals surface area contributed by atoms with Crippen LogP contribution in [-0.2, 0) is 19.1 Å². The molecule has 2 aliphatic heterocycles. The molecule has 0 bridgehead atoms. The van der Waals surface area contributed by atoms with Crippen molar-refractivity contribution in [2.45, 2.75) is 135 Å². The maximum atomic E-state index is 14.0. The van der Waals surface area contributed by atoms with Crippen molar-refractivity contribution in [3.05, 3.63) is 22.7 Å². The van der Waals surface area contributed by atoms with Crippen LogP contribution in [0.5, 0.6) is 0 Å². The van der Waals surface area contributed by atoms with E-state index in [0.29, 0.717) is 25.7 Å². The van der Waals surface area contributed by atoms with Crippen molar-refractivity contribution in [1.82, 2.24) is 10.6 Å². The Labute approximate surface area is 317 Å². The summed E-state index contributed by atoms with van der Waals surface area (Å²) in [6, 6.07) is 0. The zero-order valence-corrected chi connectivity index (χ0v) is 32.4. The lowest BCUT2D eigenvalue weighted by molar-refractivity contribution is -0.223. The molecule has 2 aliphatic carbocycles. The Kier molecular flexibility index (Phi) is 13.4. The molecule has 1 unspecified atom stereocenters. The molecule has 0 spiro atoms. The van der Waals surface area contributed by atoms with Gasteiger partial charge in [0.05, 0.1) is 35.9 Å². The molecule has 2 heterocycles. The predicted molar refractivity (Wildman–Crippen MR) is 187 cm³/mol. The SMILES string of the molecule is C[C@@H]1CC[C@@H](/C(CNC(=O)C(C)(C)CC(=O)NC/C(=C(/O)C(F)(F)F)[C@@H]2CC[C@@H](C)[C@@H]3CCC(C)(O)OC[C@]23O)=C(\O)C(F)(F)F)[C@@]2(O)CO[C@@H](C)CC[C@@H]12. The standard InChI is InChI=1S/C38H58F6N2O9/c1-20-7-10-27(35(52)18-54-22(3)9-12-25(20)35)24(31(49)38(42,43)44)17-46-32(50)33(4,5)15-29(47)45-16-23(30(48)37(39,40)41)28-11-8-21(2)26-13-14-34(6,51)55-19-36(26,28)53/h20-22,25-28,48-49,51-53H,7-19H2,1-6H3,(H,45,47)(H,46,50)/b30-23-,31-24-/t20-,21-,22+,25+,26+,27+,28+,34?,35-,36-/m1/s1. The Balaban J connectivity index is 1.52. The highest BCUT2D eigenvalue weighted by atomic mass is 19.4. The average Bonchev–Trinajstić information content (AvgIpc) is 3.30. The number of rotatable bonds is 9. The van der Waals surface area contributed by atoms with Crippen LogP contribution in [0.3, 0.4) is 0 Å². The average molecular weight is 801 g/mol. The van der Waals surface area contributed by atoms with Gasteiger partial charge in [-0.15, -0.1) is 0 Å². The Bertz CT molecular complexity index is 1480. The third kappa shape index (κ3) is 9.93. The first-order valence-corrected chi connectivity index (χ1v) is 19.1. The molecule has 17 heteroatoms. The number of ether oxygens (including phenoxy) is 2. The third-order valence-electron chi connectivity index (χ3n) is 12.8. The van der Waals surface area contributed by atoms with E-state index in [2.05, 4.69) is 10.6 Å². The van der Waals surface area contributed by atoms with Gasteiger partial charge in [-0.2, -0.15) is 26.3 Å². The molecule has 0 radical (unpaired) electrons. The molecule has 7 N–H and O–H groups in total. The van der Waals surface area contributed by atoms with Gasteiger partial charge in [0.2, 0.25) is 11.8 Å². The van der Waals surface area contributed by atoms with Gasteiger partial charge in [0, 0.05) is 48.9 Å². The second-order valence-electron chi connectivity index (χ2n) is 17.4. The number of amides is 2. The van der Waals surface area contributed by atoms with Gasteiger partial charge in [-0.1, -0.05) is 27.7 Å². The van der Waals surface area contributed by atoms with Crippen molar-refractivity contribution in [2.24, 2.45) is 40.9 Å². The molecule has 10 atom stereocenters. The number of hydrogen-bond acceptors (Lipinski definition) is 9. The van der Waals surface area contributed by atoms with Gasteiger partial charge in [0.1, 0.15) is 0 Å². The topological polar surface area (TPSA) is 178 Å². The molecule has 11 nitrogen and oxygen atoms in total. The zero-order valence-electron chi connectivity index (χ0n) is 32.4. The Morgan fingerprint density at radius 3 is 1.69 bits per heavy atom. The summed E-state index contributed by atoms with van der Waals surface area (Å²) in [6.07, 6.45) is -9.06. The lowest BCUT2D eigenvalue weighted by Gasteiger charge is -2.49. The summed E-state index contributed by atoms with van der Waals surface area (Å²) in [5.74, 6) is -11.2. The van der Waals surface area contributed by atoms with Crippen LogP contribution in [0.1, 0.15) is 99.3 Å². The largest absolute Gasteiger partial charge is 0.504 e. The second kappa shape index (κ2) is 16.3. The van der Waals surface area contributed by atoms with E-state index in [4.69, 9.17) is 9.47 Å². The summed E-state index contributed by atoms with van der Waals surface area (Å²) in [5, 5.41) is 60.0. The first-order chi connectivity index (χ1) is 25.1. The van der Waals surface area contributed by atoms with Crippen LogP contribution in [0.4, 0.5) is 26.3 Å². The molecule has 2 amide bonds. The molecular formula is C38H58F6N2O9. The smallest absolute Gasteiger partial charge is 0.448 e. The van der Waals surface area contributed by atoms with Crippen LogP contribution in [-0.4, -0.2) is 99.1 Å². The number of aliphatic hydroxyl groups is 5. The number of allylic oxidation sites excluding steroid dienone is 2. The summed E-state index contributed by atoms with van der Waals surface area (Å²) < 4.78 is 95.5.